The summed E-state index contributed by atoms with van der Waals surface area (Å²) in [6.45, 7) is 4.83. The highest BCUT2D eigenvalue weighted by molar-refractivity contribution is 9.10. The van der Waals surface area contributed by atoms with Crippen LogP contribution in [-0.2, 0) is 11.3 Å². The predicted octanol–water partition coefficient (Wildman–Crippen LogP) is 3.43. The first-order valence-electron chi connectivity index (χ1n) is 5.31. The van der Waals surface area contributed by atoms with E-state index in [-0.39, 0.29) is 16.6 Å². The monoisotopic (exact) mass is 319 g/mol. The first-order chi connectivity index (χ1) is 8.23. The lowest BCUT2D eigenvalue weighted by atomic mass is 10.2. The van der Waals surface area contributed by atoms with Crippen molar-refractivity contribution in [3.63, 3.8) is 0 Å². The van der Waals surface area contributed by atoms with Gasteiger partial charge in [0.1, 0.15) is 11.4 Å². The average molecular weight is 320 g/mol. The van der Waals surface area contributed by atoms with Crippen molar-refractivity contribution in [2.24, 2.45) is 0 Å². The number of carbonyl (C=O) groups is 1. The smallest absolute Gasteiger partial charge is 0.412 e. The van der Waals surface area contributed by atoms with Gasteiger partial charge in [-0.2, -0.15) is 0 Å². The molecule has 4 nitrogen and oxygen atoms in total. The van der Waals surface area contributed by atoms with Gasteiger partial charge in [-0.15, -0.1) is 0 Å². The molecule has 1 amide bonds. The zero-order chi connectivity index (χ0) is 13.9. The summed E-state index contributed by atoms with van der Waals surface area (Å²) in [4.78, 5) is 11.6. The molecule has 1 rings (SSSR count). The lowest BCUT2D eigenvalue weighted by molar-refractivity contribution is 0.0635. The van der Waals surface area contributed by atoms with E-state index in [0.717, 1.165) is 6.07 Å². The van der Waals surface area contributed by atoms with Crippen molar-refractivity contribution in [3.05, 3.63) is 28.0 Å². The fourth-order valence-electron chi connectivity index (χ4n) is 1.25. The Hall–Kier alpha value is -1.14. The van der Waals surface area contributed by atoms with Gasteiger partial charge in [0, 0.05) is 5.56 Å². The Morgan fingerprint density at radius 1 is 1.50 bits per heavy atom. The van der Waals surface area contributed by atoms with Crippen LogP contribution in [0.25, 0.3) is 0 Å². The van der Waals surface area contributed by atoms with Crippen LogP contribution in [-0.4, -0.2) is 16.8 Å². The van der Waals surface area contributed by atoms with Crippen molar-refractivity contribution >= 4 is 27.7 Å². The van der Waals surface area contributed by atoms with E-state index in [2.05, 4.69) is 21.2 Å². The minimum Gasteiger partial charge on any atom is -0.444 e. The molecule has 1 aromatic carbocycles. The fraction of sp³-hybridized carbons (Fsp3) is 0.417. The van der Waals surface area contributed by atoms with Gasteiger partial charge in [-0.25, -0.2) is 9.18 Å². The Balaban J connectivity index is 2.90. The van der Waals surface area contributed by atoms with E-state index in [4.69, 9.17) is 9.84 Å². The quantitative estimate of drug-likeness (QED) is 0.878. The van der Waals surface area contributed by atoms with Crippen LogP contribution < -0.4 is 5.32 Å². The summed E-state index contributed by atoms with van der Waals surface area (Å²) in [6.07, 6.45) is -0.657. The Morgan fingerprint density at radius 2 is 2.11 bits per heavy atom. The fourth-order valence-corrected chi connectivity index (χ4v) is 1.59. The third-order valence-electron chi connectivity index (χ3n) is 1.95. The molecule has 0 saturated carbocycles. The number of amides is 1. The van der Waals surface area contributed by atoms with Crippen molar-refractivity contribution in [2.75, 3.05) is 5.32 Å². The van der Waals surface area contributed by atoms with Gasteiger partial charge in [-0.3, -0.25) is 5.32 Å². The van der Waals surface area contributed by atoms with Crippen molar-refractivity contribution in [2.45, 2.75) is 33.0 Å². The van der Waals surface area contributed by atoms with E-state index in [1.165, 1.54) is 6.07 Å². The number of benzene rings is 1. The highest BCUT2D eigenvalue weighted by Gasteiger charge is 2.18. The van der Waals surface area contributed by atoms with Gasteiger partial charge in [0.25, 0.3) is 0 Å². The van der Waals surface area contributed by atoms with Crippen molar-refractivity contribution < 1.29 is 19.0 Å². The van der Waals surface area contributed by atoms with Gasteiger partial charge < -0.3 is 9.84 Å². The Kier molecular flexibility index (Phi) is 4.70. The largest absolute Gasteiger partial charge is 0.444 e. The molecular weight excluding hydrogens is 305 g/mol. The Morgan fingerprint density at radius 3 is 2.61 bits per heavy atom. The standard InChI is InChI=1S/C12H15BrFNO3/c1-12(2,3)18-11(17)15-10-5-8(13)9(14)4-7(10)6-16/h4-5,16H,6H2,1-3H3,(H,15,17). The third-order valence-corrected chi connectivity index (χ3v) is 2.56. The molecule has 0 unspecified atom stereocenters. The summed E-state index contributed by atoms with van der Waals surface area (Å²) in [5.41, 5.74) is -0.0395. The second kappa shape index (κ2) is 5.67. The number of nitrogens with one attached hydrogen (secondary N) is 1. The molecule has 0 spiro atoms. The number of hydrogen-bond donors (Lipinski definition) is 2. The van der Waals surface area contributed by atoms with Crippen LogP contribution in [0, 0.1) is 5.82 Å². The number of aliphatic hydroxyl groups is 1. The maximum Gasteiger partial charge on any atom is 0.412 e. The molecule has 0 saturated heterocycles. The number of rotatable bonds is 2. The summed E-state index contributed by atoms with van der Waals surface area (Å²) in [5.74, 6) is -0.506. The molecule has 0 aliphatic heterocycles. The third kappa shape index (κ3) is 4.27. The van der Waals surface area contributed by atoms with E-state index in [1.54, 1.807) is 20.8 Å². The summed E-state index contributed by atoms with van der Waals surface area (Å²) in [6, 6.07) is 2.53. The SMILES string of the molecule is CC(C)(C)OC(=O)Nc1cc(Br)c(F)cc1CO. The molecule has 18 heavy (non-hydrogen) atoms. The minimum atomic E-state index is -0.657. The van der Waals surface area contributed by atoms with Gasteiger partial charge in [0.05, 0.1) is 16.8 Å². The van der Waals surface area contributed by atoms with Crippen molar-refractivity contribution in [1.82, 2.24) is 0 Å². The minimum absolute atomic E-state index is 0.200. The molecule has 0 aliphatic carbocycles. The van der Waals surface area contributed by atoms with Crippen LogP contribution in [0.3, 0.4) is 0 Å². The van der Waals surface area contributed by atoms with E-state index < -0.39 is 17.5 Å². The predicted molar refractivity (Wildman–Crippen MR) is 69.9 cm³/mol. The van der Waals surface area contributed by atoms with E-state index in [0.29, 0.717) is 5.69 Å². The summed E-state index contributed by atoms with van der Waals surface area (Å²) < 4.78 is 18.5. The number of carbonyl (C=O) groups excluding carboxylic acids is 1. The van der Waals surface area contributed by atoms with Crippen molar-refractivity contribution in [3.8, 4) is 0 Å². The van der Waals surface area contributed by atoms with Gasteiger partial charge in [-0.1, -0.05) is 0 Å². The molecule has 0 radical (unpaired) electrons. The van der Waals surface area contributed by atoms with Gasteiger partial charge in [0.15, 0.2) is 0 Å². The molecular formula is C12H15BrFNO3. The molecule has 0 aliphatic rings. The van der Waals surface area contributed by atoms with E-state index in [9.17, 15) is 9.18 Å². The maximum atomic E-state index is 13.3. The molecule has 6 heteroatoms. The lowest BCUT2D eigenvalue weighted by Gasteiger charge is -2.20. The maximum absolute atomic E-state index is 13.3. The van der Waals surface area contributed by atoms with Gasteiger partial charge in [-0.05, 0) is 48.8 Å². The van der Waals surface area contributed by atoms with Crippen LogP contribution in [0.5, 0.6) is 0 Å². The second-order valence-electron chi connectivity index (χ2n) is 4.71. The summed E-state index contributed by atoms with van der Waals surface area (Å²) in [5, 5.41) is 11.6. The normalized spacial score (nSPS) is 11.2. The number of ether oxygens (including phenoxy) is 1. The molecule has 0 aromatic heterocycles. The molecule has 1 aromatic rings. The van der Waals surface area contributed by atoms with E-state index >= 15 is 0 Å². The van der Waals surface area contributed by atoms with Crippen LogP contribution >= 0.6 is 15.9 Å². The highest BCUT2D eigenvalue weighted by Crippen LogP contribution is 2.25. The van der Waals surface area contributed by atoms with Crippen LogP contribution in [0.1, 0.15) is 26.3 Å². The summed E-state index contributed by atoms with van der Waals surface area (Å²) >= 11 is 3.01. The molecule has 0 atom stereocenters. The zero-order valence-electron chi connectivity index (χ0n) is 10.4. The van der Waals surface area contributed by atoms with Gasteiger partial charge in [0.2, 0.25) is 0 Å². The number of hydrogen-bond acceptors (Lipinski definition) is 3. The molecule has 0 fully saturated rings. The van der Waals surface area contributed by atoms with Crippen LogP contribution in [0.15, 0.2) is 16.6 Å². The Bertz CT molecular complexity index is 457. The van der Waals surface area contributed by atoms with Gasteiger partial charge >= 0.3 is 6.09 Å². The summed E-state index contributed by atoms with van der Waals surface area (Å²) in [7, 11) is 0. The lowest BCUT2D eigenvalue weighted by Crippen LogP contribution is -2.27. The van der Waals surface area contributed by atoms with Crippen LogP contribution in [0.2, 0.25) is 0 Å². The molecule has 0 heterocycles. The highest BCUT2D eigenvalue weighted by atomic mass is 79.9. The van der Waals surface area contributed by atoms with E-state index in [1.807, 2.05) is 0 Å². The number of halogens is 2. The zero-order valence-corrected chi connectivity index (χ0v) is 12.0. The Labute approximate surface area is 113 Å². The number of aliphatic hydroxyl groups excluding tert-OH is 1. The van der Waals surface area contributed by atoms with Crippen molar-refractivity contribution in [1.29, 1.82) is 0 Å². The van der Waals surface area contributed by atoms with Crippen LogP contribution in [0.4, 0.5) is 14.9 Å². The molecule has 2 N–H and O–H groups in total. The molecule has 100 valence electrons. The average Bonchev–Trinajstić information content (AvgIpc) is 2.20. The first-order valence-corrected chi connectivity index (χ1v) is 6.11. The molecule has 0 bridgehead atoms. The first kappa shape index (κ1) is 14.9. The topological polar surface area (TPSA) is 58.6 Å². The number of anilines is 1. The second-order valence-corrected chi connectivity index (χ2v) is 5.56.